The predicted molar refractivity (Wildman–Crippen MR) is 156 cm³/mol. The molecule has 0 bridgehead atoms. The van der Waals surface area contributed by atoms with Gasteiger partial charge in [-0.1, -0.05) is 68.5 Å². The molecule has 0 spiro atoms. The number of nitrogens with zero attached hydrogens (tertiary/aromatic N) is 1. The predicted octanol–water partition coefficient (Wildman–Crippen LogP) is 7.78. The molecule has 0 amide bonds. The second-order valence-corrected chi connectivity index (χ2v) is 10.6. The molecule has 0 saturated carbocycles. The van der Waals surface area contributed by atoms with Crippen molar-refractivity contribution in [2.75, 3.05) is 7.11 Å². The van der Waals surface area contributed by atoms with Gasteiger partial charge in [0.15, 0.2) is 0 Å². The van der Waals surface area contributed by atoms with E-state index in [1.165, 1.54) is 0 Å². The number of ether oxygens (including phenoxy) is 1. The van der Waals surface area contributed by atoms with Crippen molar-refractivity contribution in [1.82, 2.24) is 4.57 Å². The summed E-state index contributed by atoms with van der Waals surface area (Å²) in [4.78, 5) is 13.7. The fraction of sp³-hybridized carbons (Fsp3) is 0.206. The van der Waals surface area contributed by atoms with E-state index in [9.17, 15) is 9.90 Å². The first-order valence-electron chi connectivity index (χ1n) is 12.8. The number of carbonyl (C=O) groups excluding carboxylic acids is 1. The van der Waals surface area contributed by atoms with Gasteiger partial charge in [-0.3, -0.25) is 4.79 Å². The lowest BCUT2D eigenvalue weighted by atomic mass is 9.73. The van der Waals surface area contributed by atoms with Gasteiger partial charge in [0.25, 0.3) is 0 Å². The fourth-order valence-corrected chi connectivity index (χ4v) is 5.46. The first kappa shape index (κ1) is 25.3. The number of methoxy groups -OCH3 is 1. The molecule has 192 valence electrons. The van der Waals surface area contributed by atoms with Gasteiger partial charge in [0.2, 0.25) is 5.78 Å². The van der Waals surface area contributed by atoms with E-state index in [1.54, 1.807) is 13.2 Å². The van der Waals surface area contributed by atoms with E-state index < -0.39 is 5.41 Å². The number of aliphatic hydroxyl groups is 1. The Morgan fingerprint density at radius 1 is 1.03 bits per heavy atom. The summed E-state index contributed by atoms with van der Waals surface area (Å²) in [6.45, 7) is 12.5. The smallest absolute Gasteiger partial charge is 0.201 e. The van der Waals surface area contributed by atoms with Crippen molar-refractivity contribution in [3.05, 3.63) is 119 Å². The number of rotatable bonds is 6. The topological polar surface area (TPSA) is 51.5 Å². The van der Waals surface area contributed by atoms with Crippen LogP contribution in [0.3, 0.4) is 0 Å². The number of aromatic nitrogens is 1. The van der Waals surface area contributed by atoms with Crippen LogP contribution in [0.4, 0.5) is 0 Å². The minimum Gasteiger partial charge on any atom is -0.506 e. The number of hydrogen-bond acceptors (Lipinski definition) is 3. The number of aryl methyl sites for hydroxylation is 3. The third-order valence-corrected chi connectivity index (χ3v) is 7.86. The molecule has 0 aliphatic heterocycles. The number of aliphatic hydroxyl groups excluding tert-OH is 1. The monoisotopic (exact) mass is 503 g/mol. The highest BCUT2D eigenvalue weighted by atomic mass is 16.5. The van der Waals surface area contributed by atoms with Gasteiger partial charge >= 0.3 is 0 Å². The van der Waals surface area contributed by atoms with E-state index in [0.29, 0.717) is 11.1 Å². The Balaban J connectivity index is 1.64. The molecule has 0 unspecified atom stereocenters. The number of ketones is 1. The Morgan fingerprint density at radius 3 is 2.39 bits per heavy atom. The summed E-state index contributed by atoms with van der Waals surface area (Å²) in [6.07, 6.45) is 1.73. The number of hydrogen-bond donors (Lipinski definition) is 1. The standard InChI is InChI=1S/C34H33NO3/c1-20-13-16-28-25(17-20)29(31(35(28)6)23-11-9-8-10-12-23)30-32(36)26(33(30)37)18-22(3)34(4,5)27-19-24(38-7)15-14-21(27)2/h8-19,36H,3H2,1-2,4-7H3/b26-18+. The Morgan fingerprint density at radius 2 is 1.74 bits per heavy atom. The number of Topliss-reactive ketones (excluding diaryl/α,β-unsaturated/α-hetero) is 1. The van der Waals surface area contributed by atoms with E-state index in [1.807, 2.05) is 62.5 Å². The lowest BCUT2D eigenvalue weighted by Gasteiger charge is -2.30. The molecule has 1 heterocycles. The molecule has 1 N–H and O–H groups in total. The summed E-state index contributed by atoms with van der Waals surface area (Å²) in [6, 6.07) is 22.2. The minimum atomic E-state index is -0.478. The zero-order valence-electron chi connectivity index (χ0n) is 22.8. The second-order valence-electron chi connectivity index (χ2n) is 10.6. The van der Waals surface area contributed by atoms with Crippen LogP contribution in [-0.2, 0) is 17.3 Å². The van der Waals surface area contributed by atoms with Gasteiger partial charge in [-0.15, -0.1) is 0 Å². The van der Waals surface area contributed by atoms with Crippen LogP contribution in [-0.4, -0.2) is 22.6 Å². The molecule has 4 nitrogen and oxygen atoms in total. The highest BCUT2D eigenvalue weighted by Crippen LogP contribution is 2.46. The van der Waals surface area contributed by atoms with Crippen LogP contribution in [0.25, 0.3) is 27.7 Å². The van der Waals surface area contributed by atoms with Gasteiger partial charge < -0.3 is 14.4 Å². The fourth-order valence-electron chi connectivity index (χ4n) is 5.46. The van der Waals surface area contributed by atoms with Gasteiger partial charge in [0, 0.05) is 28.9 Å². The zero-order valence-corrected chi connectivity index (χ0v) is 22.8. The number of allylic oxidation sites excluding steroid dienone is 4. The summed E-state index contributed by atoms with van der Waals surface area (Å²) < 4.78 is 7.54. The summed E-state index contributed by atoms with van der Waals surface area (Å²) in [5, 5.41) is 12.3. The summed E-state index contributed by atoms with van der Waals surface area (Å²) in [5.41, 5.74) is 7.84. The van der Waals surface area contributed by atoms with E-state index in [2.05, 4.69) is 50.1 Å². The molecule has 5 rings (SSSR count). The van der Waals surface area contributed by atoms with E-state index >= 15 is 0 Å². The van der Waals surface area contributed by atoms with Crippen LogP contribution >= 0.6 is 0 Å². The van der Waals surface area contributed by atoms with Gasteiger partial charge in [-0.25, -0.2) is 0 Å². The Kier molecular flexibility index (Phi) is 6.15. The van der Waals surface area contributed by atoms with Crippen LogP contribution in [0.5, 0.6) is 5.75 Å². The van der Waals surface area contributed by atoms with Gasteiger partial charge in [-0.2, -0.15) is 0 Å². The maximum Gasteiger partial charge on any atom is 0.201 e. The third kappa shape index (κ3) is 3.88. The van der Waals surface area contributed by atoms with E-state index in [4.69, 9.17) is 4.74 Å². The summed E-state index contributed by atoms with van der Waals surface area (Å²) in [7, 11) is 3.65. The second kappa shape index (κ2) is 9.21. The van der Waals surface area contributed by atoms with E-state index in [-0.39, 0.29) is 11.5 Å². The number of carbonyl (C=O) groups is 1. The van der Waals surface area contributed by atoms with E-state index in [0.717, 1.165) is 55.7 Å². The molecule has 1 aliphatic rings. The molecule has 1 aliphatic carbocycles. The Bertz CT molecular complexity index is 1680. The normalized spacial score (nSPS) is 14.8. The maximum atomic E-state index is 13.7. The maximum absolute atomic E-state index is 13.7. The van der Waals surface area contributed by atoms with Crippen molar-refractivity contribution >= 4 is 22.3 Å². The van der Waals surface area contributed by atoms with Crippen LogP contribution in [0.15, 0.2) is 96.3 Å². The Hall–Kier alpha value is -4.31. The lowest BCUT2D eigenvalue weighted by Crippen LogP contribution is -2.25. The highest BCUT2D eigenvalue weighted by molar-refractivity contribution is 6.41. The molecule has 38 heavy (non-hydrogen) atoms. The van der Waals surface area contributed by atoms with Crippen LogP contribution in [0, 0.1) is 13.8 Å². The minimum absolute atomic E-state index is 0.0144. The van der Waals surface area contributed by atoms with Crippen LogP contribution < -0.4 is 4.74 Å². The molecule has 0 fully saturated rings. The molecule has 0 atom stereocenters. The van der Waals surface area contributed by atoms with Crippen molar-refractivity contribution in [2.24, 2.45) is 7.05 Å². The Labute approximate surface area is 224 Å². The lowest BCUT2D eigenvalue weighted by molar-refractivity contribution is -0.111. The molecular formula is C34H33NO3. The zero-order chi connectivity index (χ0) is 27.4. The number of benzene rings is 3. The largest absolute Gasteiger partial charge is 0.506 e. The molecule has 0 saturated heterocycles. The molecule has 4 heteroatoms. The van der Waals surface area contributed by atoms with Crippen LogP contribution in [0.1, 0.15) is 36.1 Å². The van der Waals surface area contributed by atoms with Gasteiger partial charge in [-0.05, 0) is 66.5 Å². The van der Waals surface area contributed by atoms with Crippen molar-refractivity contribution in [1.29, 1.82) is 0 Å². The van der Waals surface area contributed by atoms with Crippen LogP contribution in [0.2, 0.25) is 0 Å². The van der Waals surface area contributed by atoms with Crippen molar-refractivity contribution in [3.63, 3.8) is 0 Å². The van der Waals surface area contributed by atoms with Gasteiger partial charge in [0.1, 0.15) is 11.5 Å². The van der Waals surface area contributed by atoms with Crippen molar-refractivity contribution in [2.45, 2.75) is 33.1 Å². The molecule has 0 radical (unpaired) electrons. The molecule has 1 aromatic heterocycles. The van der Waals surface area contributed by atoms with Crippen molar-refractivity contribution < 1.29 is 14.6 Å². The molecule has 4 aromatic rings. The van der Waals surface area contributed by atoms with Gasteiger partial charge in [0.05, 0.1) is 23.9 Å². The average Bonchev–Trinajstić information content (AvgIpc) is 3.18. The summed E-state index contributed by atoms with van der Waals surface area (Å²) in [5.74, 6) is 0.608. The van der Waals surface area contributed by atoms with Crippen molar-refractivity contribution in [3.8, 4) is 17.0 Å². The summed E-state index contributed by atoms with van der Waals surface area (Å²) >= 11 is 0. The average molecular weight is 504 g/mol. The highest BCUT2D eigenvalue weighted by Gasteiger charge is 2.39. The quantitative estimate of drug-likeness (QED) is 0.273. The molecular weight excluding hydrogens is 470 g/mol. The molecule has 3 aromatic carbocycles. The number of fused-ring (bicyclic) bond motifs is 1. The SMILES string of the molecule is C=C(/C=C1/C(=O)C(c2c(-c3ccccc3)n(C)c3ccc(C)cc23)=C1O)C(C)(C)c1cc(OC)ccc1C. The first-order chi connectivity index (χ1) is 18.1. The third-order valence-electron chi connectivity index (χ3n) is 7.86. The first-order valence-corrected chi connectivity index (χ1v) is 12.8.